The van der Waals surface area contributed by atoms with Crippen molar-refractivity contribution < 1.29 is 23.5 Å². The van der Waals surface area contributed by atoms with Gasteiger partial charge in [0, 0.05) is 18.7 Å². The first-order chi connectivity index (χ1) is 13.0. The summed E-state index contributed by atoms with van der Waals surface area (Å²) in [5.74, 6) is -1.65. The van der Waals surface area contributed by atoms with Crippen molar-refractivity contribution in [1.82, 2.24) is 4.90 Å². The number of rotatable bonds is 5. The molecule has 5 nitrogen and oxygen atoms in total. The van der Waals surface area contributed by atoms with Gasteiger partial charge in [-0.25, -0.2) is 4.39 Å². The Balaban J connectivity index is 1.67. The van der Waals surface area contributed by atoms with E-state index in [2.05, 4.69) is 0 Å². The summed E-state index contributed by atoms with van der Waals surface area (Å²) in [6, 6.07) is 12.0. The molecule has 0 aliphatic carbocycles. The summed E-state index contributed by atoms with van der Waals surface area (Å²) in [4.78, 5) is 37.7. The maximum atomic E-state index is 12.9. The van der Waals surface area contributed by atoms with Gasteiger partial charge in [-0.15, -0.1) is 0 Å². The molecule has 0 saturated carbocycles. The number of amides is 1. The number of fused-ring (bicyclic) bond motifs is 1. The first kappa shape index (κ1) is 18.5. The number of halogens is 1. The van der Waals surface area contributed by atoms with Crippen LogP contribution in [-0.2, 0) is 14.3 Å². The van der Waals surface area contributed by atoms with Crippen molar-refractivity contribution in [1.29, 1.82) is 0 Å². The summed E-state index contributed by atoms with van der Waals surface area (Å²) >= 11 is 0. The summed E-state index contributed by atoms with van der Waals surface area (Å²) in [5.41, 5.74) is 2.03. The van der Waals surface area contributed by atoms with E-state index < -0.39 is 30.2 Å². The van der Waals surface area contributed by atoms with Gasteiger partial charge >= 0.3 is 5.97 Å². The second-order valence-corrected chi connectivity index (χ2v) is 6.18. The average molecular weight is 367 g/mol. The van der Waals surface area contributed by atoms with Crippen LogP contribution in [0.5, 0.6) is 0 Å². The Hall–Kier alpha value is -3.28. The molecule has 3 rings (SSSR count). The predicted octanol–water partition coefficient (Wildman–Crippen LogP) is 3.52. The fourth-order valence-electron chi connectivity index (χ4n) is 3.00. The number of carbonyl (C=O) groups excluding carboxylic acids is 3. The standard InChI is InChI=1S/C21H18FNO4/c1-14(24)23-11-10-15-4-2-3-5-18(15)19(23)12-21(26)27-13-20(25)16-6-8-17(22)9-7-16/h2-11,19H,12-13H2,1H3/t19-/m0/s1. The third-order valence-electron chi connectivity index (χ3n) is 4.36. The van der Waals surface area contributed by atoms with E-state index in [0.29, 0.717) is 0 Å². The van der Waals surface area contributed by atoms with Gasteiger partial charge in [-0.1, -0.05) is 24.3 Å². The summed E-state index contributed by atoms with van der Waals surface area (Å²) in [6.07, 6.45) is 3.39. The SMILES string of the molecule is CC(=O)N1C=Cc2ccccc2[C@@H]1CC(=O)OCC(=O)c1ccc(F)cc1. The summed E-state index contributed by atoms with van der Waals surface area (Å²) < 4.78 is 18.0. The quantitative estimate of drug-likeness (QED) is 0.599. The van der Waals surface area contributed by atoms with Crippen LogP contribution in [0.4, 0.5) is 4.39 Å². The fourth-order valence-corrected chi connectivity index (χ4v) is 3.00. The third-order valence-corrected chi connectivity index (χ3v) is 4.36. The fraction of sp³-hybridized carbons (Fsp3) is 0.190. The largest absolute Gasteiger partial charge is 0.457 e. The number of esters is 1. The zero-order chi connectivity index (χ0) is 19.4. The first-order valence-electron chi connectivity index (χ1n) is 8.46. The number of carbonyl (C=O) groups is 3. The monoisotopic (exact) mass is 367 g/mol. The van der Waals surface area contributed by atoms with Crippen molar-refractivity contribution in [2.75, 3.05) is 6.61 Å². The van der Waals surface area contributed by atoms with Crippen LogP contribution in [-0.4, -0.2) is 29.2 Å². The third kappa shape index (κ3) is 4.28. The molecule has 1 aliphatic heterocycles. The number of hydrogen-bond donors (Lipinski definition) is 0. The van der Waals surface area contributed by atoms with Crippen LogP contribution in [0, 0.1) is 5.82 Å². The van der Waals surface area contributed by atoms with Crippen LogP contribution in [0.2, 0.25) is 0 Å². The van der Waals surface area contributed by atoms with Gasteiger partial charge in [0.05, 0.1) is 12.5 Å². The van der Waals surface area contributed by atoms with Crippen molar-refractivity contribution in [3.8, 4) is 0 Å². The molecule has 0 saturated heterocycles. The van der Waals surface area contributed by atoms with Gasteiger partial charge in [-0.2, -0.15) is 0 Å². The molecule has 1 atom stereocenters. The van der Waals surface area contributed by atoms with Crippen LogP contribution < -0.4 is 0 Å². The van der Waals surface area contributed by atoms with Crippen molar-refractivity contribution in [2.45, 2.75) is 19.4 Å². The topological polar surface area (TPSA) is 63.7 Å². The lowest BCUT2D eigenvalue weighted by molar-refractivity contribution is -0.144. The van der Waals surface area contributed by atoms with Crippen LogP contribution in [0.25, 0.3) is 6.08 Å². The Labute approximate surface area is 156 Å². The highest BCUT2D eigenvalue weighted by Crippen LogP contribution is 2.33. The molecule has 1 aliphatic rings. The highest BCUT2D eigenvalue weighted by atomic mass is 19.1. The molecular weight excluding hydrogens is 349 g/mol. The van der Waals surface area contributed by atoms with E-state index in [0.717, 1.165) is 11.1 Å². The van der Waals surface area contributed by atoms with Crippen LogP contribution in [0.15, 0.2) is 54.7 Å². The minimum absolute atomic E-state index is 0.0718. The highest BCUT2D eigenvalue weighted by molar-refractivity contribution is 5.97. The number of benzene rings is 2. The number of ketones is 1. The summed E-state index contributed by atoms with van der Waals surface area (Å²) in [6.45, 7) is 0.989. The molecule has 138 valence electrons. The molecule has 0 radical (unpaired) electrons. The van der Waals surface area contributed by atoms with Crippen LogP contribution in [0.3, 0.4) is 0 Å². The van der Waals surface area contributed by atoms with Crippen molar-refractivity contribution in [3.05, 3.63) is 77.2 Å². The van der Waals surface area contributed by atoms with Gasteiger partial charge in [-0.05, 0) is 41.5 Å². The van der Waals surface area contributed by atoms with Gasteiger partial charge in [0.15, 0.2) is 12.4 Å². The Morgan fingerprint density at radius 1 is 1.07 bits per heavy atom. The second-order valence-electron chi connectivity index (χ2n) is 6.18. The molecular formula is C21H18FNO4. The maximum absolute atomic E-state index is 12.9. The molecule has 0 fully saturated rings. The molecule has 1 heterocycles. The second kappa shape index (κ2) is 7.95. The number of ether oxygens (including phenoxy) is 1. The number of Topliss-reactive ketones (excluding diaryl/α,β-unsaturated/α-hetero) is 1. The van der Waals surface area contributed by atoms with E-state index in [1.165, 1.54) is 36.1 Å². The molecule has 0 spiro atoms. The summed E-state index contributed by atoms with van der Waals surface area (Å²) in [7, 11) is 0. The van der Waals surface area contributed by atoms with Crippen molar-refractivity contribution >= 4 is 23.7 Å². The smallest absolute Gasteiger partial charge is 0.308 e. The molecule has 0 unspecified atom stereocenters. The Bertz CT molecular complexity index is 905. The molecule has 0 aromatic heterocycles. The number of hydrogen-bond acceptors (Lipinski definition) is 4. The molecule has 27 heavy (non-hydrogen) atoms. The molecule has 1 amide bonds. The van der Waals surface area contributed by atoms with Crippen molar-refractivity contribution in [3.63, 3.8) is 0 Å². The highest BCUT2D eigenvalue weighted by Gasteiger charge is 2.29. The summed E-state index contributed by atoms with van der Waals surface area (Å²) in [5, 5.41) is 0. The molecule has 0 N–H and O–H groups in total. The zero-order valence-corrected chi connectivity index (χ0v) is 14.7. The molecule has 0 bridgehead atoms. The minimum Gasteiger partial charge on any atom is -0.457 e. The predicted molar refractivity (Wildman–Crippen MR) is 97.0 cm³/mol. The van der Waals surface area contributed by atoms with Gasteiger partial charge in [-0.3, -0.25) is 14.4 Å². The van der Waals surface area contributed by atoms with Gasteiger partial charge in [0.25, 0.3) is 0 Å². The number of nitrogens with zero attached hydrogens (tertiary/aromatic N) is 1. The zero-order valence-electron chi connectivity index (χ0n) is 14.7. The Morgan fingerprint density at radius 2 is 1.78 bits per heavy atom. The normalized spacial score (nSPS) is 15.2. The molecule has 2 aromatic carbocycles. The maximum Gasteiger partial charge on any atom is 0.308 e. The van der Waals surface area contributed by atoms with Crippen LogP contribution >= 0.6 is 0 Å². The Kier molecular flexibility index (Phi) is 5.45. The van der Waals surface area contributed by atoms with Crippen molar-refractivity contribution in [2.24, 2.45) is 0 Å². The van der Waals surface area contributed by atoms with Crippen LogP contribution in [0.1, 0.15) is 40.9 Å². The molecule has 6 heteroatoms. The van der Waals surface area contributed by atoms with E-state index in [1.807, 2.05) is 30.3 Å². The van der Waals surface area contributed by atoms with E-state index in [9.17, 15) is 18.8 Å². The first-order valence-corrected chi connectivity index (χ1v) is 8.46. The van der Waals surface area contributed by atoms with Gasteiger partial charge in [0.2, 0.25) is 5.91 Å². The van der Waals surface area contributed by atoms with Gasteiger partial charge in [0.1, 0.15) is 5.82 Å². The van der Waals surface area contributed by atoms with E-state index in [4.69, 9.17) is 4.74 Å². The lowest BCUT2D eigenvalue weighted by Crippen LogP contribution is -2.32. The van der Waals surface area contributed by atoms with Gasteiger partial charge < -0.3 is 9.64 Å². The van der Waals surface area contributed by atoms with E-state index in [-0.39, 0.29) is 17.9 Å². The lowest BCUT2D eigenvalue weighted by Gasteiger charge is -2.32. The Morgan fingerprint density at radius 3 is 2.48 bits per heavy atom. The lowest BCUT2D eigenvalue weighted by atomic mass is 9.94. The van der Waals surface area contributed by atoms with E-state index >= 15 is 0 Å². The minimum atomic E-state index is -0.591. The molecule has 2 aromatic rings. The van der Waals surface area contributed by atoms with E-state index in [1.54, 1.807) is 6.20 Å². The average Bonchev–Trinajstić information content (AvgIpc) is 2.66.